The van der Waals surface area contributed by atoms with Crippen molar-refractivity contribution < 1.29 is 9.53 Å². The second-order valence-electron chi connectivity index (χ2n) is 10.5. The number of benzene rings is 2. The molecule has 0 saturated carbocycles. The van der Waals surface area contributed by atoms with Gasteiger partial charge in [-0.1, -0.05) is 108 Å². The van der Waals surface area contributed by atoms with Gasteiger partial charge in [0.05, 0.1) is 18.9 Å². The highest BCUT2D eigenvalue weighted by molar-refractivity contribution is 8.93. The van der Waals surface area contributed by atoms with Crippen molar-refractivity contribution in [2.75, 3.05) is 17.8 Å². The number of nitrogens with zero attached hydrogens (tertiary/aromatic N) is 1. The van der Waals surface area contributed by atoms with E-state index in [2.05, 4.69) is 42.4 Å². The standard InChI is InChI=1S/C33H48N2O2S.BrH/c1-3-4-5-6-7-8-9-10-11-12-13-16-23-37-32-18-15-14-17-30(32)24-33(36)34-31-21-19-29(20-22-31)26-35-25-28(2)38-27-35;/h14-15,17-22,25H,3-13,16,23-24,26-27H2,1-2H3,(H,34,36);1H. The number of rotatable bonds is 19. The summed E-state index contributed by atoms with van der Waals surface area (Å²) in [6.07, 6.45) is 18.5. The zero-order valence-electron chi connectivity index (χ0n) is 24.1. The summed E-state index contributed by atoms with van der Waals surface area (Å²) in [7, 11) is 0. The van der Waals surface area contributed by atoms with Gasteiger partial charge in [0.1, 0.15) is 5.75 Å². The lowest BCUT2D eigenvalue weighted by atomic mass is 10.1. The Balaban J connectivity index is 0.00000533. The number of thioether (sulfide) groups is 1. The molecule has 0 fully saturated rings. The first kappa shape index (κ1) is 33.3. The summed E-state index contributed by atoms with van der Waals surface area (Å²) in [6, 6.07) is 16.1. The van der Waals surface area contributed by atoms with E-state index in [0.717, 1.165) is 35.8 Å². The molecule has 0 spiro atoms. The van der Waals surface area contributed by atoms with Gasteiger partial charge >= 0.3 is 0 Å². The molecule has 6 heteroatoms. The highest BCUT2D eigenvalue weighted by Crippen LogP contribution is 2.26. The van der Waals surface area contributed by atoms with Gasteiger partial charge in [0.2, 0.25) is 5.91 Å². The molecule has 0 unspecified atom stereocenters. The monoisotopic (exact) mass is 616 g/mol. The summed E-state index contributed by atoms with van der Waals surface area (Å²) >= 11 is 1.87. The number of para-hydroxylation sites is 1. The van der Waals surface area contributed by atoms with E-state index in [0.29, 0.717) is 13.0 Å². The van der Waals surface area contributed by atoms with Crippen LogP contribution in [0.4, 0.5) is 5.69 Å². The molecule has 0 bridgehead atoms. The Morgan fingerprint density at radius 3 is 2.10 bits per heavy atom. The largest absolute Gasteiger partial charge is 0.493 e. The highest BCUT2D eigenvalue weighted by atomic mass is 79.9. The lowest BCUT2D eigenvalue weighted by molar-refractivity contribution is -0.115. The molecule has 2 aromatic rings. The van der Waals surface area contributed by atoms with Crippen molar-refractivity contribution in [3.63, 3.8) is 0 Å². The van der Waals surface area contributed by atoms with E-state index in [9.17, 15) is 4.79 Å². The molecule has 3 rings (SSSR count). The van der Waals surface area contributed by atoms with Crippen molar-refractivity contribution in [3.8, 4) is 5.75 Å². The molecule has 1 amide bonds. The third-order valence-electron chi connectivity index (χ3n) is 7.02. The molecule has 0 aliphatic carbocycles. The van der Waals surface area contributed by atoms with Crippen LogP contribution >= 0.6 is 28.7 Å². The molecule has 1 aliphatic rings. The fourth-order valence-corrected chi connectivity index (χ4v) is 5.59. The maximum absolute atomic E-state index is 12.7. The average molecular weight is 618 g/mol. The van der Waals surface area contributed by atoms with Gasteiger partial charge in [0, 0.05) is 24.0 Å². The molecule has 2 aromatic carbocycles. The second-order valence-corrected chi connectivity index (χ2v) is 11.7. The maximum atomic E-state index is 12.7. The summed E-state index contributed by atoms with van der Waals surface area (Å²) < 4.78 is 6.08. The third-order valence-corrected chi connectivity index (χ3v) is 8.05. The molecule has 1 heterocycles. The Hall–Kier alpha value is -1.92. The Morgan fingerprint density at radius 1 is 0.872 bits per heavy atom. The second kappa shape index (κ2) is 20.0. The minimum atomic E-state index is -0.0198. The number of halogens is 1. The molecule has 1 N–H and O–H groups in total. The Labute approximate surface area is 252 Å². The van der Waals surface area contributed by atoms with E-state index in [1.54, 1.807) is 0 Å². The number of ether oxygens (including phenoxy) is 1. The SMILES string of the molecule is Br.CCCCCCCCCCCCCCOc1ccccc1CC(=O)Nc1ccc(CN2C=C(C)SC2)cc1. The number of carbonyl (C=O) groups excluding carboxylic acids is 1. The van der Waals surface area contributed by atoms with Crippen LogP contribution in [0.5, 0.6) is 5.75 Å². The van der Waals surface area contributed by atoms with Crippen LogP contribution in [0.2, 0.25) is 0 Å². The summed E-state index contributed by atoms with van der Waals surface area (Å²) in [4.78, 5) is 16.4. The molecule has 1 aliphatic heterocycles. The lowest BCUT2D eigenvalue weighted by Gasteiger charge is -2.15. The molecule has 0 saturated heterocycles. The van der Waals surface area contributed by atoms with Crippen LogP contribution in [0.25, 0.3) is 0 Å². The van der Waals surface area contributed by atoms with Crippen molar-refractivity contribution in [1.29, 1.82) is 0 Å². The van der Waals surface area contributed by atoms with Gasteiger partial charge in [-0.2, -0.15) is 0 Å². The first-order valence-electron chi connectivity index (χ1n) is 14.8. The topological polar surface area (TPSA) is 41.6 Å². The number of unbranched alkanes of at least 4 members (excludes halogenated alkanes) is 11. The molecule has 216 valence electrons. The molecule has 39 heavy (non-hydrogen) atoms. The van der Waals surface area contributed by atoms with E-state index in [1.807, 2.05) is 48.2 Å². The zero-order chi connectivity index (χ0) is 26.8. The summed E-state index contributed by atoms with van der Waals surface area (Å²) in [6.45, 7) is 6.02. The predicted molar refractivity (Wildman–Crippen MR) is 174 cm³/mol. The van der Waals surface area contributed by atoms with E-state index in [-0.39, 0.29) is 22.9 Å². The van der Waals surface area contributed by atoms with Gasteiger partial charge in [-0.3, -0.25) is 4.79 Å². The van der Waals surface area contributed by atoms with E-state index in [1.165, 1.54) is 81.1 Å². The number of amides is 1. The van der Waals surface area contributed by atoms with Crippen molar-refractivity contribution in [2.24, 2.45) is 0 Å². The number of hydrogen-bond donors (Lipinski definition) is 1. The minimum absolute atomic E-state index is 0. The Morgan fingerprint density at radius 2 is 1.49 bits per heavy atom. The van der Waals surface area contributed by atoms with Crippen LogP contribution in [0.15, 0.2) is 59.6 Å². The van der Waals surface area contributed by atoms with Crippen LogP contribution < -0.4 is 10.1 Å². The van der Waals surface area contributed by atoms with Gasteiger partial charge in [0.15, 0.2) is 0 Å². The van der Waals surface area contributed by atoms with Crippen LogP contribution in [-0.2, 0) is 17.8 Å². The van der Waals surface area contributed by atoms with Crippen molar-refractivity contribution in [3.05, 3.63) is 70.8 Å². The van der Waals surface area contributed by atoms with Gasteiger partial charge in [-0.05, 0) is 42.0 Å². The van der Waals surface area contributed by atoms with Crippen molar-refractivity contribution in [2.45, 2.75) is 104 Å². The van der Waals surface area contributed by atoms with Crippen molar-refractivity contribution >= 4 is 40.3 Å². The minimum Gasteiger partial charge on any atom is -0.493 e. The molecule has 0 aromatic heterocycles. The Bertz CT molecular complexity index is 980. The molecule has 0 atom stereocenters. The number of nitrogens with one attached hydrogen (secondary N) is 1. The van der Waals surface area contributed by atoms with Gasteiger partial charge in [-0.15, -0.1) is 28.7 Å². The molecule has 4 nitrogen and oxygen atoms in total. The molecular weight excluding hydrogens is 568 g/mol. The fourth-order valence-electron chi connectivity index (χ4n) is 4.83. The molecule has 0 radical (unpaired) electrons. The Kier molecular flexibility index (Phi) is 17.1. The smallest absolute Gasteiger partial charge is 0.228 e. The van der Waals surface area contributed by atoms with Gasteiger partial charge in [0.25, 0.3) is 0 Å². The van der Waals surface area contributed by atoms with E-state index < -0.39 is 0 Å². The van der Waals surface area contributed by atoms with Crippen LogP contribution in [0.1, 0.15) is 102 Å². The number of anilines is 1. The van der Waals surface area contributed by atoms with Crippen LogP contribution in [0, 0.1) is 0 Å². The third kappa shape index (κ3) is 13.8. The predicted octanol–water partition coefficient (Wildman–Crippen LogP) is 9.89. The summed E-state index contributed by atoms with van der Waals surface area (Å²) in [5, 5.41) is 3.04. The fraction of sp³-hybridized carbons (Fsp3) is 0.545. The first-order valence-corrected chi connectivity index (χ1v) is 15.8. The number of hydrogen-bond acceptors (Lipinski definition) is 4. The normalized spacial score (nSPS) is 12.7. The lowest BCUT2D eigenvalue weighted by Crippen LogP contribution is -2.15. The zero-order valence-corrected chi connectivity index (χ0v) is 26.6. The quantitative estimate of drug-likeness (QED) is 0.159. The average Bonchev–Trinajstić information content (AvgIpc) is 3.33. The molecular formula is C33H49BrN2O2S. The van der Waals surface area contributed by atoms with Crippen molar-refractivity contribution in [1.82, 2.24) is 4.90 Å². The summed E-state index contributed by atoms with van der Waals surface area (Å²) in [5.41, 5.74) is 3.01. The number of carbonyl (C=O) groups is 1. The van der Waals surface area contributed by atoms with Gasteiger partial charge in [-0.25, -0.2) is 0 Å². The number of allylic oxidation sites excluding steroid dienone is 1. The highest BCUT2D eigenvalue weighted by Gasteiger charge is 2.11. The maximum Gasteiger partial charge on any atom is 0.228 e. The van der Waals surface area contributed by atoms with E-state index in [4.69, 9.17) is 4.74 Å². The van der Waals surface area contributed by atoms with Crippen LogP contribution in [0.3, 0.4) is 0 Å². The van der Waals surface area contributed by atoms with E-state index >= 15 is 0 Å². The van der Waals surface area contributed by atoms with Crippen LogP contribution in [-0.4, -0.2) is 23.3 Å². The van der Waals surface area contributed by atoms with Gasteiger partial charge < -0.3 is 15.0 Å². The summed E-state index contributed by atoms with van der Waals surface area (Å²) in [5.74, 6) is 1.81. The first-order chi connectivity index (χ1) is 18.6.